The summed E-state index contributed by atoms with van der Waals surface area (Å²) in [6.45, 7) is 16.9. The van der Waals surface area contributed by atoms with Gasteiger partial charge in [0, 0.05) is 58.9 Å². The average molecular weight is 945 g/mol. The van der Waals surface area contributed by atoms with Crippen LogP contribution in [0.15, 0.2) is 0 Å². The second-order valence-corrected chi connectivity index (χ2v) is 18.1. The van der Waals surface area contributed by atoms with Gasteiger partial charge in [-0.15, -0.1) is 0 Å². The van der Waals surface area contributed by atoms with Crippen molar-refractivity contribution >= 4 is 17.9 Å². The van der Waals surface area contributed by atoms with Gasteiger partial charge < -0.3 is 48.5 Å². The Morgan fingerprint density at radius 1 is 0.409 bits per heavy atom. The average Bonchev–Trinajstić information content (AvgIpc) is 3.31. The molecule has 2 N–H and O–H groups in total. The van der Waals surface area contributed by atoms with Crippen LogP contribution in [0.2, 0.25) is 0 Å². The van der Waals surface area contributed by atoms with E-state index in [0.717, 1.165) is 129 Å². The minimum absolute atomic E-state index is 0.0532. The molecule has 0 radical (unpaired) electrons. The molecule has 392 valence electrons. The largest absolute Gasteiger partial charge is 0.464 e. The molecule has 0 amide bonds. The number of nitrogens with zero attached hydrogens (tertiary/aromatic N) is 1. The monoisotopic (exact) mass is 945 g/mol. The van der Waals surface area contributed by atoms with Crippen molar-refractivity contribution in [3.05, 3.63) is 0 Å². The third-order valence-corrected chi connectivity index (χ3v) is 11.6. The molecule has 0 fully saturated rings. The number of carbonyl (C=O) groups is 3. The molecule has 0 saturated heterocycles. The molecule has 0 aliphatic rings. The van der Waals surface area contributed by atoms with E-state index in [9.17, 15) is 14.4 Å². The first-order valence-corrected chi connectivity index (χ1v) is 27.3. The fourth-order valence-corrected chi connectivity index (χ4v) is 7.47. The maximum atomic E-state index is 12.8. The Labute approximate surface area is 404 Å². The zero-order chi connectivity index (χ0) is 48.2. The molecule has 0 aromatic carbocycles. The minimum atomic E-state index is -0.367. The lowest BCUT2D eigenvalue weighted by molar-refractivity contribution is -0.157. The number of aliphatic hydroxyl groups excluding tert-OH is 1. The summed E-state index contributed by atoms with van der Waals surface area (Å²) in [5.41, 5.74) is 0. The van der Waals surface area contributed by atoms with Gasteiger partial charge in [0.1, 0.15) is 18.8 Å². The number of hydrogen-bond acceptors (Lipinski definition) is 13. The van der Waals surface area contributed by atoms with Crippen LogP contribution in [0.3, 0.4) is 0 Å². The summed E-state index contributed by atoms with van der Waals surface area (Å²) in [5.74, 6) is -0.561. The SMILES string of the molecule is CCCCCCOCC(COCCCCCC)OC(=O)CCCCCCCN(CCCCCCCC(=O)OC(COCCCCCC)COCCCCCC)CCC(=O)OCCNCCO. The van der Waals surface area contributed by atoms with Gasteiger partial charge in [0.2, 0.25) is 0 Å². The molecule has 0 aliphatic heterocycles. The van der Waals surface area contributed by atoms with E-state index in [1.165, 1.54) is 51.4 Å². The van der Waals surface area contributed by atoms with Gasteiger partial charge in [0.15, 0.2) is 0 Å². The highest BCUT2D eigenvalue weighted by Gasteiger charge is 2.17. The lowest BCUT2D eigenvalue weighted by Crippen LogP contribution is -2.30. The van der Waals surface area contributed by atoms with Crippen molar-refractivity contribution in [3.8, 4) is 0 Å². The minimum Gasteiger partial charge on any atom is -0.464 e. The molecule has 13 heteroatoms. The number of aliphatic hydroxyl groups is 1. The summed E-state index contributed by atoms with van der Waals surface area (Å²) in [6.07, 6.45) is 28.5. The lowest BCUT2D eigenvalue weighted by atomic mass is 10.1. The number of carbonyl (C=O) groups excluding carboxylic acids is 3. The van der Waals surface area contributed by atoms with Gasteiger partial charge in [0.25, 0.3) is 0 Å². The fraction of sp³-hybridized carbons (Fsp3) is 0.943. The highest BCUT2D eigenvalue weighted by molar-refractivity contribution is 5.70. The first-order valence-electron chi connectivity index (χ1n) is 27.3. The van der Waals surface area contributed by atoms with Gasteiger partial charge in [-0.1, -0.05) is 143 Å². The van der Waals surface area contributed by atoms with Crippen LogP contribution in [-0.2, 0) is 47.5 Å². The van der Waals surface area contributed by atoms with Crippen molar-refractivity contribution in [1.29, 1.82) is 0 Å². The number of esters is 3. The maximum absolute atomic E-state index is 12.8. The molecule has 0 aromatic rings. The van der Waals surface area contributed by atoms with E-state index in [1.54, 1.807) is 0 Å². The van der Waals surface area contributed by atoms with E-state index in [4.69, 9.17) is 38.3 Å². The molecular formula is C53H104N2O11. The summed E-state index contributed by atoms with van der Waals surface area (Å²) in [4.78, 5) is 40.4. The number of unbranched alkanes of at least 4 members (excludes halogenated alkanes) is 20. The van der Waals surface area contributed by atoms with E-state index in [0.29, 0.717) is 98.4 Å². The Balaban J connectivity index is 4.71. The van der Waals surface area contributed by atoms with E-state index in [-0.39, 0.29) is 36.7 Å². The Morgan fingerprint density at radius 3 is 1.15 bits per heavy atom. The Hall–Kier alpha value is -1.87. The smallest absolute Gasteiger partial charge is 0.307 e. The van der Waals surface area contributed by atoms with Gasteiger partial charge in [-0.05, 0) is 64.5 Å². The first-order chi connectivity index (χ1) is 32.4. The van der Waals surface area contributed by atoms with Gasteiger partial charge in [-0.3, -0.25) is 14.4 Å². The number of hydrogen-bond donors (Lipinski definition) is 2. The van der Waals surface area contributed by atoms with Crippen LogP contribution in [0, 0.1) is 0 Å². The summed E-state index contributed by atoms with van der Waals surface area (Å²) in [7, 11) is 0. The molecule has 0 heterocycles. The molecule has 0 aliphatic carbocycles. The van der Waals surface area contributed by atoms with E-state index >= 15 is 0 Å². The predicted octanol–water partition coefficient (Wildman–Crippen LogP) is 10.7. The van der Waals surface area contributed by atoms with Gasteiger partial charge in [0.05, 0.1) is 39.5 Å². The Morgan fingerprint density at radius 2 is 0.773 bits per heavy atom. The third-order valence-electron chi connectivity index (χ3n) is 11.6. The molecule has 0 bridgehead atoms. The van der Waals surface area contributed by atoms with Gasteiger partial charge in [-0.2, -0.15) is 0 Å². The van der Waals surface area contributed by atoms with Crippen LogP contribution in [0.1, 0.15) is 214 Å². The van der Waals surface area contributed by atoms with Crippen molar-refractivity contribution in [3.63, 3.8) is 0 Å². The maximum Gasteiger partial charge on any atom is 0.307 e. The lowest BCUT2D eigenvalue weighted by Gasteiger charge is -2.22. The van der Waals surface area contributed by atoms with Crippen molar-refractivity contribution in [2.24, 2.45) is 0 Å². The predicted molar refractivity (Wildman–Crippen MR) is 267 cm³/mol. The van der Waals surface area contributed by atoms with Crippen LogP contribution in [0.4, 0.5) is 0 Å². The number of rotatable bonds is 54. The zero-order valence-corrected chi connectivity index (χ0v) is 43.2. The molecule has 66 heavy (non-hydrogen) atoms. The molecule has 0 rings (SSSR count). The van der Waals surface area contributed by atoms with E-state index < -0.39 is 0 Å². The summed E-state index contributed by atoms with van der Waals surface area (Å²) in [6, 6.07) is 0. The highest BCUT2D eigenvalue weighted by Crippen LogP contribution is 2.13. The van der Waals surface area contributed by atoms with Gasteiger partial charge >= 0.3 is 17.9 Å². The summed E-state index contributed by atoms with van der Waals surface area (Å²) < 4.78 is 40.5. The number of nitrogens with one attached hydrogen (secondary N) is 1. The van der Waals surface area contributed by atoms with Crippen molar-refractivity contribution in [2.75, 3.05) is 98.8 Å². The highest BCUT2D eigenvalue weighted by atomic mass is 16.6. The van der Waals surface area contributed by atoms with Crippen LogP contribution >= 0.6 is 0 Å². The summed E-state index contributed by atoms with van der Waals surface area (Å²) >= 11 is 0. The molecular weight excluding hydrogens is 841 g/mol. The second kappa shape index (κ2) is 52.5. The van der Waals surface area contributed by atoms with E-state index in [1.807, 2.05) is 0 Å². The molecule has 0 unspecified atom stereocenters. The van der Waals surface area contributed by atoms with Crippen molar-refractivity contribution in [2.45, 2.75) is 226 Å². The normalized spacial score (nSPS) is 11.6. The van der Waals surface area contributed by atoms with Crippen LogP contribution < -0.4 is 5.32 Å². The van der Waals surface area contributed by atoms with Crippen LogP contribution in [0.25, 0.3) is 0 Å². The third kappa shape index (κ3) is 47.2. The number of ether oxygens (including phenoxy) is 7. The van der Waals surface area contributed by atoms with Crippen molar-refractivity contribution < 1.29 is 52.6 Å². The molecule has 0 spiro atoms. The first kappa shape index (κ1) is 64.1. The molecule has 0 atom stereocenters. The van der Waals surface area contributed by atoms with Gasteiger partial charge in [-0.25, -0.2) is 0 Å². The van der Waals surface area contributed by atoms with Crippen molar-refractivity contribution in [1.82, 2.24) is 10.2 Å². The Kier molecular flexibility index (Phi) is 51.0. The zero-order valence-electron chi connectivity index (χ0n) is 43.2. The van der Waals surface area contributed by atoms with Crippen LogP contribution in [-0.4, -0.2) is 139 Å². The molecule has 0 aromatic heterocycles. The summed E-state index contributed by atoms with van der Waals surface area (Å²) in [5, 5.41) is 12.0. The topological polar surface area (TPSA) is 151 Å². The fourth-order valence-electron chi connectivity index (χ4n) is 7.47. The Bertz CT molecular complexity index is 943. The van der Waals surface area contributed by atoms with Crippen LogP contribution in [0.5, 0.6) is 0 Å². The molecule has 13 nitrogen and oxygen atoms in total. The second-order valence-electron chi connectivity index (χ2n) is 18.1. The van der Waals surface area contributed by atoms with E-state index in [2.05, 4.69) is 37.9 Å². The quantitative estimate of drug-likeness (QED) is 0.0338. The molecule has 0 saturated carbocycles. The standard InChI is InChI=1S/C53H104N2O11/c1-5-9-13-27-40-60-45-49(46-61-41-28-14-10-6-2)65-52(58)31-23-19-17-21-25-36-55(38-33-51(57)64-44-35-54-34-39-56)37-26-22-18-20-24-32-53(59)66-50(47-62-42-29-15-11-7-3)48-63-43-30-16-12-8-4/h49-50,54,56H,5-48H2,1-4H3.